The summed E-state index contributed by atoms with van der Waals surface area (Å²) in [6.45, 7) is 0.201. The van der Waals surface area contributed by atoms with Crippen molar-refractivity contribution in [1.29, 1.82) is 0 Å². The van der Waals surface area contributed by atoms with Gasteiger partial charge in [-0.3, -0.25) is 0 Å². The van der Waals surface area contributed by atoms with Crippen molar-refractivity contribution in [3.05, 3.63) is 30.1 Å². The summed E-state index contributed by atoms with van der Waals surface area (Å²) in [5, 5.41) is 11.5. The fourth-order valence-electron chi connectivity index (χ4n) is 2.01. The Labute approximate surface area is 105 Å². The summed E-state index contributed by atoms with van der Waals surface area (Å²) in [5.74, 6) is -0.455. The van der Waals surface area contributed by atoms with Crippen LogP contribution in [0.3, 0.4) is 0 Å². The average molecular weight is 252 g/mol. The Hall–Kier alpha value is -1.62. The smallest absolute Gasteiger partial charge is 0.322 e. The first-order valence-electron chi connectivity index (χ1n) is 6.15. The van der Waals surface area contributed by atoms with E-state index in [1.807, 2.05) is 0 Å². The van der Waals surface area contributed by atoms with Gasteiger partial charge in [-0.05, 0) is 31.4 Å². The van der Waals surface area contributed by atoms with Crippen LogP contribution >= 0.6 is 0 Å². The minimum absolute atomic E-state index is 0.0822. The van der Waals surface area contributed by atoms with Gasteiger partial charge in [-0.25, -0.2) is 9.18 Å². The molecule has 0 saturated heterocycles. The molecule has 1 aliphatic carbocycles. The summed E-state index contributed by atoms with van der Waals surface area (Å²) in [6.07, 6.45) is 2.99. The third kappa shape index (κ3) is 2.79. The first-order valence-corrected chi connectivity index (χ1v) is 6.15. The highest BCUT2D eigenvalue weighted by atomic mass is 19.1. The Morgan fingerprint density at radius 3 is 2.72 bits per heavy atom. The molecule has 0 bridgehead atoms. The van der Waals surface area contributed by atoms with Gasteiger partial charge in [0, 0.05) is 12.6 Å². The van der Waals surface area contributed by atoms with Crippen LogP contribution in [0.5, 0.6) is 0 Å². The molecule has 1 fully saturated rings. The van der Waals surface area contributed by atoms with Gasteiger partial charge in [-0.1, -0.05) is 12.1 Å². The number of benzene rings is 1. The normalized spacial score (nSPS) is 15.0. The Balaban J connectivity index is 2.02. The van der Waals surface area contributed by atoms with Crippen LogP contribution in [0.25, 0.3) is 0 Å². The topological polar surface area (TPSA) is 52.6 Å². The van der Waals surface area contributed by atoms with Crippen LogP contribution in [-0.2, 0) is 0 Å². The molecule has 1 aromatic carbocycles. The highest BCUT2D eigenvalue weighted by Gasteiger charge is 2.28. The number of hydrogen-bond acceptors (Lipinski definition) is 2. The van der Waals surface area contributed by atoms with Crippen molar-refractivity contribution in [1.82, 2.24) is 4.90 Å². The second-order valence-electron chi connectivity index (χ2n) is 4.41. The van der Waals surface area contributed by atoms with Crippen molar-refractivity contribution in [2.24, 2.45) is 0 Å². The fourth-order valence-corrected chi connectivity index (χ4v) is 2.01. The number of carbonyl (C=O) groups is 1. The molecule has 0 spiro atoms. The fraction of sp³-hybridized carbons (Fsp3) is 0.462. The van der Waals surface area contributed by atoms with Crippen molar-refractivity contribution in [3.8, 4) is 0 Å². The number of anilines is 1. The van der Waals surface area contributed by atoms with Crippen LogP contribution < -0.4 is 5.32 Å². The Morgan fingerprint density at radius 1 is 1.44 bits per heavy atom. The van der Waals surface area contributed by atoms with Crippen LogP contribution in [0.15, 0.2) is 24.3 Å². The van der Waals surface area contributed by atoms with E-state index in [9.17, 15) is 9.18 Å². The number of nitrogens with zero attached hydrogens (tertiary/aromatic N) is 1. The van der Waals surface area contributed by atoms with Gasteiger partial charge < -0.3 is 15.3 Å². The second kappa shape index (κ2) is 5.82. The van der Waals surface area contributed by atoms with Gasteiger partial charge in [0.05, 0.1) is 12.3 Å². The number of para-hydroxylation sites is 1. The Bertz CT molecular complexity index is 421. The number of urea groups is 1. The standard InChI is InChI=1S/C13H17FN2O2/c14-11-6-1-2-7-12(11)15-13(18)16(8-9-17)10-4-3-5-10/h1-2,6-7,10,17H,3-5,8-9H2,(H,15,18). The maximum atomic E-state index is 13.4. The van der Waals surface area contributed by atoms with Gasteiger partial charge in [-0.15, -0.1) is 0 Å². The zero-order valence-corrected chi connectivity index (χ0v) is 10.1. The molecule has 0 atom stereocenters. The van der Waals surface area contributed by atoms with Gasteiger partial charge in [0.1, 0.15) is 5.82 Å². The predicted octanol–water partition coefficient (Wildman–Crippen LogP) is 2.20. The van der Waals surface area contributed by atoms with Crippen molar-refractivity contribution < 1.29 is 14.3 Å². The molecular weight excluding hydrogens is 235 g/mol. The molecule has 5 heteroatoms. The number of hydrogen-bond donors (Lipinski definition) is 2. The molecule has 0 radical (unpaired) electrons. The molecule has 1 aromatic rings. The van der Waals surface area contributed by atoms with E-state index >= 15 is 0 Å². The third-order valence-electron chi connectivity index (χ3n) is 3.23. The molecule has 0 heterocycles. The van der Waals surface area contributed by atoms with Crippen molar-refractivity contribution in [2.75, 3.05) is 18.5 Å². The largest absolute Gasteiger partial charge is 0.395 e. The quantitative estimate of drug-likeness (QED) is 0.863. The molecule has 2 amide bonds. The number of aliphatic hydroxyl groups is 1. The van der Waals surface area contributed by atoms with Crippen LogP contribution in [0.4, 0.5) is 14.9 Å². The molecule has 0 aliphatic heterocycles. The molecule has 0 aromatic heterocycles. The summed E-state index contributed by atoms with van der Waals surface area (Å²) >= 11 is 0. The first kappa shape index (κ1) is 12.8. The molecule has 1 saturated carbocycles. The minimum Gasteiger partial charge on any atom is -0.395 e. The van der Waals surface area contributed by atoms with Crippen LogP contribution in [0.2, 0.25) is 0 Å². The summed E-state index contributed by atoms with van der Waals surface area (Å²) in [7, 11) is 0. The van der Waals surface area contributed by atoms with Crippen LogP contribution in [0, 0.1) is 5.82 Å². The summed E-state index contributed by atoms with van der Waals surface area (Å²) < 4.78 is 13.4. The second-order valence-corrected chi connectivity index (χ2v) is 4.41. The number of rotatable bonds is 4. The van der Waals surface area contributed by atoms with Gasteiger partial charge in [0.2, 0.25) is 0 Å². The summed E-state index contributed by atoms with van der Waals surface area (Å²) in [6, 6.07) is 5.88. The van der Waals surface area contributed by atoms with Gasteiger partial charge >= 0.3 is 6.03 Å². The van der Waals surface area contributed by atoms with E-state index in [-0.39, 0.29) is 30.9 Å². The minimum atomic E-state index is -0.455. The molecular formula is C13H17FN2O2. The summed E-state index contributed by atoms with van der Waals surface area (Å²) in [5.41, 5.74) is 0.171. The van der Waals surface area contributed by atoms with E-state index in [0.717, 1.165) is 19.3 Å². The highest BCUT2D eigenvalue weighted by molar-refractivity contribution is 5.89. The van der Waals surface area contributed by atoms with Crippen molar-refractivity contribution >= 4 is 11.7 Å². The van der Waals surface area contributed by atoms with Gasteiger partial charge in [0.15, 0.2) is 0 Å². The Morgan fingerprint density at radius 2 is 2.17 bits per heavy atom. The first-order chi connectivity index (χ1) is 8.72. The molecule has 18 heavy (non-hydrogen) atoms. The molecule has 1 aliphatic rings. The number of halogens is 1. The maximum absolute atomic E-state index is 13.4. The Kier molecular flexibility index (Phi) is 4.15. The third-order valence-corrected chi connectivity index (χ3v) is 3.23. The van der Waals surface area contributed by atoms with Gasteiger partial charge in [-0.2, -0.15) is 0 Å². The number of amides is 2. The van der Waals surface area contributed by atoms with E-state index in [4.69, 9.17) is 5.11 Å². The molecule has 0 unspecified atom stereocenters. The van der Waals surface area contributed by atoms with Crippen LogP contribution in [0.1, 0.15) is 19.3 Å². The lowest BCUT2D eigenvalue weighted by Gasteiger charge is -2.37. The predicted molar refractivity (Wildman–Crippen MR) is 66.8 cm³/mol. The van der Waals surface area contributed by atoms with Crippen molar-refractivity contribution in [2.45, 2.75) is 25.3 Å². The molecule has 2 rings (SSSR count). The number of aliphatic hydroxyl groups excluding tert-OH is 1. The highest BCUT2D eigenvalue weighted by Crippen LogP contribution is 2.25. The van der Waals surface area contributed by atoms with Crippen molar-refractivity contribution in [3.63, 3.8) is 0 Å². The summed E-state index contributed by atoms with van der Waals surface area (Å²) in [4.78, 5) is 13.6. The molecule has 2 N–H and O–H groups in total. The van der Waals surface area contributed by atoms with E-state index in [2.05, 4.69) is 5.32 Å². The van der Waals surface area contributed by atoms with E-state index in [0.29, 0.717) is 0 Å². The number of carbonyl (C=O) groups excluding carboxylic acids is 1. The lowest BCUT2D eigenvalue weighted by Crippen LogP contribution is -2.47. The monoisotopic (exact) mass is 252 g/mol. The van der Waals surface area contributed by atoms with E-state index in [1.54, 1.807) is 17.0 Å². The lowest BCUT2D eigenvalue weighted by atomic mass is 9.92. The zero-order valence-electron chi connectivity index (χ0n) is 10.1. The zero-order chi connectivity index (χ0) is 13.0. The number of nitrogens with one attached hydrogen (secondary N) is 1. The average Bonchev–Trinajstić information content (AvgIpc) is 2.29. The van der Waals surface area contributed by atoms with E-state index < -0.39 is 5.82 Å². The van der Waals surface area contributed by atoms with Gasteiger partial charge in [0.25, 0.3) is 0 Å². The SMILES string of the molecule is O=C(Nc1ccccc1F)N(CCO)C1CCC1. The van der Waals surface area contributed by atoms with E-state index in [1.165, 1.54) is 12.1 Å². The molecule has 4 nitrogen and oxygen atoms in total. The lowest BCUT2D eigenvalue weighted by molar-refractivity contribution is 0.127. The maximum Gasteiger partial charge on any atom is 0.322 e. The molecule has 98 valence electrons. The van der Waals surface area contributed by atoms with Crippen LogP contribution in [-0.4, -0.2) is 35.2 Å².